The molecule has 4 rings (SSSR count). The molecule has 0 bridgehead atoms. The van der Waals surface area contributed by atoms with Crippen LogP contribution in [0.15, 0.2) is 24.3 Å². The van der Waals surface area contributed by atoms with Crippen molar-refractivity contribution in [1.29, 1.82) is 0 Å². The number of rotatable bonds is 6. The van der Waals surface area contributed by atoms with Gasteiger partial charge in [0.2, 0.25) is 0 Å². The summed E-state index contributed by atoms with van der Waals surface area (Å²) in [4.78, 5) is 0. The van der Waals surface area contributed by atoms with E-state index in [1.165, 1.54) is 12.8 Å². The van der Waals surface area contributed by atoms with Gasteiger partial charge in [0, 0.05) is 6.61 Å². The van der Waals surface area contributed by atoms with Gasteiger partial charge >= 0.3 is 7.12 Å². The first kappa shape index (κ1) is 22.1. The summed E-state index contributed by atoms with van der Waals surface area (Å²) in [6.45, 7) is 9.92. The van der Waals surface area contributed by atoms with Gasteiger partial charge in [-0.15, -0.1) is 0 Å². The predicted octanol–water partition coefficient (Wildman–Crippen LogP) is 4.47. The average Bonchev–Trinajstić information content (AvgIpc) is 2.96. The summed E-state index contributed by atoms with van der Waals surface area (Å²) in [5.74, 6) is 1.50. The average molecular weight is 416 g/mol. The van der Waals surface area contributed by atoms with E-state index < -0.39 is 0 Å². The summed E-state index contributed by atoms with van der Waals surface area (Å²) in [7, 11) is -0.326. The van der Waals surface area contributed by atoms with Crippen LogP contribution in [0.3, 0.4) is 0 Å². The van der Waals surface area contributed by atoms with E-state index in [1.807, 2.05) is 24.3 Å². The first-order chi connectivity index (χ1) is 14.3. The maximum atomic E-state index is 6.15. The number of benzene rings is 1. The van der Waals surface area contributed by atoms with E-state index in [4.69, 9.17) is 23.5 Å². The third-order valence-corrected chi connectivity index (χ3v) is 7.17. The summed E-state index contributed by atoms with van der Waals surface area (Å²) in [6, 6.07) is 8.14. The molecule has 0 amide bonds. The second-order valence-corrected chi connectivity index (χ2v) is 10.0. The van der Waals surface area contributed by atoms with Crippen molar-refractivity contribution in [1.82, 2.24) is 0 Å². The molecule has 0 N–H and O–H groups in total. The highest BCUT2D eigenvalue weighted by Gasteiger charge is 2.51. The number of hydrogen-bond acceptors (Lipinski definition) is 5. The van der Waals surface area contributed by atoms with Gasteiger partial charge in [-0.2, -0.15) is 0 Å². The molecule has 30 heavy (non-hydrogen) atoms. The van der Waals surface area contributed by atoms with Crippen molar-refractivity contribution in [2.45, 2.75) is 96.2 Å². The molecule has 0 spiro atoms. The zero-order valence-electron chi connectivity index (χ0n) is 19.0. The van der Waals surface area contributed by atoms with Crippen LogP contribution in [0.2, 0.25) is 0 Å². The van der Waals surface area contributed by atoms with Gasteiger partial charge < -0.3 is 23.5 Å². The van der Waals surface area contributed by atoms with E-state index >= 15 is 0 Å². The SMILES string of the molecule is CC1(C)OB(c2ccc(OC[C@H]3CC[C@@H](OC4CCCCO4)CC3)cc2)OC1(C)C. The van der Waals surface area contributed by atoms with Crippen molar-refractivity contribution in [2.75, 3.05) is 13.2 Å². The molecule has 0 radical (unpaired) electrons. The fraction of sp³-hybridized carbons (Fsp3) is 0.750. The Kier molecular flexibility index (Phi) is 6.78. The van der Waals surface area contributed by atoms with Crippen molar-refractivity contribution in [3.63, 3.8) is 0 Å². The van der Waals surface area contributed by atoms with Crippen LogP contribution in [0.5, 0.6) is 5.75 Å². The lowest BCUT2D eigenvalue weighted by Crippen LogP contribution is -2.41. The lowest BCUT2D eigenvalue weighted by atomic mass is 9.79. The Bertz CT molecular complexity index is 659. The van der Waals surface area contributed by atoms with Gasteiger partial charge in [0.05, 0.1) is 23.9 Å². The Hall–Kier alpha value is -1.08. The van der Waals surface area contributed by atoms with Crippen LogP contribution in [-0.2, 0) is 18.8 Å². The van der Waals surface area contributed by atoms with E-state index in [2.05, 4.69) is 27.7 Å². The third-order valence-electron chi connectivity index (χ3n) is 7.17. The van der Waals surface area contributed by atoms with Crippen LogP contribution in [0.1, 0.15) is 72.6 Å². The molecule has 2 aliphatic heterocycles. The van der Waals surface area contributed by atoms with Gasteiger partial charge in [-0.25, -0.2) is 0 Å². The van der Waals surface area contributed by atoms with Crippen molar-refractivity contribution in [3.8, 4) is 5.75 Å². The molecule has 5 nitrogen and oxygen atoms in total. The summed E-state index contributed by atoms with van der Waals surface area (Å²) in [5, 5.41) is 0. The summed E-state index contributed by atoms with van der Waals surface area (Å²) in [5.41, 5.74) is 0.389. The molecular weight excluding hydrogens is 379 g/mol. The smallest absolute Gasteiger partial charge is 0.493 e. The van der Waals surface area contributed by atoms with Gasteiger partial charge in [0.25, 0.3) is 0 Å². The fourth-order valence-electron chi connectivity index (χ4n) is 4.38. The van der Waals surface area contributed by atoms with Crippen molar-refractivity contribution in [3.05, 3.63) is 24.3 Å². The van der Waals surface area contributed by atoms with Crippen LogP contribution in [0, 0.1) is 5.92 Å². The van der Waals surface area contributed by atoms with E-state index in [0.717, 1.165) is 56.5 Å². The highest BCUT2D eigenvalue weighted by Crippen LogP contribution is 2.36. The zero-order valence-corrected chi connectivity index (χ0v) is 19.0. The van der Waals surface area contributed by atoms with E-state index in [9.17, 15) is 0 Å². The minimum atomic E-state index is -0.326. The van der Waals surface area contributed by atoms with Crippen LogP contribution in [0.25, 0.3) is 0 Å². The molecule has 1 aromatic carbocycles. The van der Waals surface area contributed by atoms with E-state index in [-0.39, 0.29) is 24.6 Å². The van der Waals surface area contributed by atoms with E-state index in [0.29, 0.717) is 12.0 Å². The summed E-state index contributed by atoms with van der Waals surface area (Å²) in [6.07, 6.45) is 8.34. The Morgan fingerprint density at radius 3 is 2.17 bits per heavy atom. The molecule has 2 heterocycles. The first-order valence-electron chi connectivity index (χ1n) is 11.7. The van der Waals surface area contributed by atoms with Crippen LogP contribution >= 0.6 is 0 Å². The number of ether oxygens (including phenoxy) is 3. The molecule has 1 unspecified atom stereocenters. The molecular formula is C24H37BO5. The number of hydrogen-bond donors (Lipinski definition) is 0. The van der Waals surface area contributed by atoms with Gasteiger partial charge in [-0.3, -0.25) is 0 Å². The normalized spacial score (nSPS) is 30.9. The largest absolute Gasteiger partial charge is 0.494 e. The topological polar surface area (TPSA) is 46.2 Å². The lowest BCUT2D eigenvalue weighted by molar-refractivity contribution is -0.194. The third kappa shape index (κ3) is 5.21. The first-order valence-corrected chi connectivity index (χ1v) is 11.7. The standard InChI is InChI=1S/C24H37BO5/c1-23(2)24(3,4)30-25(29-23)19-10-14-20(15-11-19)27-17-18-8-12-21(13-9-18)28-22-7-5-6-16-26-22/h10-11,14-15,18,21-22H,5-9,12-13,16-17H2,1-4H3/t18-,21+,22?. The second kappa shape index (κ2) is 9.19. The van der Waals surface area contributed by atoms with Gasteiger partial charge in [-0.05, 0) is 96.2 Å². The van der Waals surface area contributed by atoms with Crippen molar-refractivity contribution < 1.29 is 23.5 Å². The predicted molar refractivity (Wildman–Crippen MR) is 118 cm³/mol. The van der Waals surface area contributed by atoms with Crippen LogP contribution < -0.4 is 10.2 Å². The van der Waals surface area contributed by atoms with Crippen molar-refractivity contribution in [2.24, 2.45) is 5.92 Å². The van der Waals surface area contributed by atoms with Crippen LogP contribution in [-0.4, -0.2) is 43.9 Å². The highest BCUT2D eigenvalue weighted by atomic mass is 16.7. The summed E-state index contributed by atoms with van der Waals surface area (Å²) < 4.78 is 30.2. The molecule has 2 saturated heterocycles. The van der Waals surface area contributed by atoms with Gasteiger partial charge in [-0.1, -0.05) is 12.1 Å². The molecule has 3 aliphatic rings. The molecule has 1 saturated carbocycles. The minimum absolute atomic E-state index is 0.0269. The lowest BCUT2D eigenvalue weighted by Gasteiger charge is -2.32. The zero-order chi connectivity index (χ0) is 21.2. The fourth-order valence-corrected chi connectivity index (χ4v) is 4.38. The maximum Gasteiger partial charge on any atom is 0.494 e. The maximum absolute atomic E-state index is 6.15. The highest BCUT2D eigenvalue weighted by molar-refractivity contribution is 6.62. The molecule has 3 fully saturated rings. The second-order valence-electron chi connectivity index (χ2n) is 10.0. The molecule has 6 heteroatoms. The molecule has 1 aliphatic carbocycles. The Morgan fingerprint density at radius 2 is 1.57 bits per heavy atom. The molecule has 1 atom stereocenters. The molecule has 0 aromatic heterocycles. The van der Waals surface area contributed by atoms with Gasteiger partial charge in [0.1, 0.15) is 5.75 Å². The van der Waals surface area contributed by atoms with E-state index in [1.54, 1.807) is 0 Å². The molecule has 166 valence electrons. The molecule has 1 aromatic rings. The quantitative estimate of drug-likeness (QED) is 0.641. The summed E-state index contributed by atoms with van der Waals surface area (Å²) >= 11 is 0. The van der Waals surface area contributed by atoms with Gasteiger partial charge in [0.15, 0.2) is 6.29 Å². The van der Waals surface area contributed by atoms with Crippen LogP contribution in [0.4, 0.5) is 0 Å². The Balaban J connectivity index is 1.20. The minimum Gasteiger partial charge on any atom is -0.493 e. The monoisotopic (exact) mass is 416 g/mol. The Labute approximate surface area is 181 Å². The Morgan fingerprint density at radius 1 is 0.900 bits per heavy atom. The van der Waals surface area contributed by atoms with Crippen molar-refractivity contribution >= 4 is 12.6 Å².